The molecule has 0 unspecified atom stereocenters. The monoisotopic (exact) mass is 243 g/mol. The van der Waals surface area contributed by atoms with Crippen molar-refractivity contribution in [1.82, 2.24) is 4.98 Å². The van der Waals surface area contributed by atoms with Crippen LogP contribution >= 0.6 is 0 Å². The third-order valence-electron chi connectivity index (χ3n) is 2.01. The second-order valence-corrected chi connectivity index (χ2v) is 3.45. The molecule has 92 valence electrons. The lowest BCUT2D eigenvalue weighted by Crippen LogP contribution is -2.25. The summed E-state index contributed by atoms with van der Waals surface area (Å²) in [6.07, 6.45) is -2.95. The van der Waals surface area contributed by atoms with Gasteiger partial charge in [-0.3, -0.25) is 15.0 Å². The smallest absolute Gasteiger partial charge is 0.295 e. The van der Waals surface area contributed by atoms with Crippen LogP contribution < -0.4 is 0 Å². The van der Waals surface area contributed by atoms with Gasteiger partial charge >= 0.3 is 6.18 Å². The Morgan fingerprint density at radius 2 is 2.12 bits per heavy atom. The van der Waals surface area contributed by atoms with Crippen molar-refractivity contribution in [3.8, 4) is 0 Å². The third kappa shape index (κ3) is 4.34. The summed E-state index contributed by atoms with van der Waals surface area (Å²) >= 11 is 0. The molecule has 1 rings (SSSR count). The molecule has 0 amide bonds. The molecule has 0 aliphatic rings. The predicted octanol–water partition coefficient (Wildman–Crippen LogP) is 2.59. The minimum Gasteiger partial charge on any atom is -0.295 e. The second kappa shape index (κ2) is 5.56. The molecule has 0 bridgehead atoms. The van der Waals surface area contributed by atoms with E-state index in [9.17, 15) is 13.2 Å². The van der Waals surface area contributed by atoms with Crippen LogP contribution in [0.25, 0.3) is 0 Å². The number of aromatic nitrogens is 1. The Kier molecular flexibility index (Phi) is 4.37. The van der Waals surface area contributed by atoms with Crippen molar-refractivity contribution in [2.75, 3.05) is 6.54 Å². The van der Waals surface area contributed by atoms with Crippen LogP contribution in [0.4, 0.5) is 13.2 Å². The van der Waals surface area contributed by atoms with Gasteiger partial charge in [-0.2, -0.15) is 13.2 Å². The molecule has 6 heteroatoms. The van der Waals surface area contributed by atoms with Crippen molar-refractivity contribution in [3.63, 3.8) is 0 Å². The number of halogens is 3. The topological polar surface area (TPSA) is 37.6 Å². The number of aliphatic imine (C=N–C) groups is 2. The summed E-state index contributed by atoms with van der Waals surface area (Å²) < 4.78 is 37.3. The van der Waals surface area contributed by atoms with Gasteiger partial charge in [0.2, 0.25) is 0 Å². The summed E-state index contributed by atoms with van der Waals surface area (Å²) in [4.78, 5) is 10.7. The van der Waals surface area contributed by atoms with Crippen LogP contribution in [0, 0.1) is 6.92 Å². The molecule has 1 aromatic rings. The van der Waals surface area contributed by atoms with E-state index >= 15 is 0 Å². The van der Waals surface area contributed by atoms with Gasteiger partial charge in [0.1, 0.15) is 5.71 Å². The molecule has 0 aliphatic carbocycles. The van der Waals surface area contributed by atoms with E-state index in [2.05, 4.69) is 21.7 Å². The maximum Gasteiger partial charge on any atom is 0.430 e. The largest absolute Gasteiger partial charge is 0.430 e. The predicted molar refractivity (Wildman–Crippen MR) is 60.6 cm³/mol. The van der Waals surface area contributed by atoms with Gasteiger partial charge in [-0.15, -0.1) is 0 Å². The summed E-state index contributed by atoms with van der Waals surface area (Å²) in [6.45, 7) is 4.26. The highest BCUT2D eigenvalue weighted by Gasteiger charge is 2.34. The van der Waals surface area contributed by atoms with Gasteiger partial charge in [-0.25, -0.2) is 0 Å². The molecular weight excluding hydrogens is 231 g/mol. The Hall–Kier alpha value is -1.72. The van der Waals surface area contributed by atoms with Gasteiger partial charge in [0.25, 0.3) is 0 Å². The van der Waals surface area contributed by atoms with Gasteiger partial charge < -0.3 is 0 Å². The first-order chi connectivity index (χ1) is 7.93. The molecule has 3 nitrogen and oxygen atoms in total. The molecule has 0 aromatic carbocycles. The molecule has 0 atom stereocenters. The lowest BCUT2D eigenvalue weighted by molar-refractivity contribution is -0.0598. The van der Waals surface area contributed by atoms with E-state index < -0.39 is 18.4 Å². The highest BCUT2D eigenvalue weighted by atomic mass is 19.4. The molecule has 0 aliphatic heterocycles. The average Bonchev–Trinajstić information content (AvgIpc) is 2.25. The van der Waals surface area contributed by atoms with E-state index in [0.717, 1.165) is 5.69 Å². The van der Waals surface area contributed by atoms with Crippen LogP contribution in [0.15, 0.2) is 28.3 Å². The normalized spacial score (nSPS) is 12.6. The van der Waals surface area contributed by atoms with Gasteiger partial charge in [0.15, 0.2) is 0 Å². The van der Waals surface area contributed by atoms with Crippen LogP contribution in [-0.4, -0.2) is 30.1 Å². The van der Waals surface area contributed by atoms with Crippen LogP contribution in [0.1, 0.15) is 11.3 Å². The summed E-state index contributed by atoms with van der Waals surface area (Å²) in [5, 5.41) is 0. The zero-order valence-corrected chi connectivity index (χ0v) is 9.33. The van der Waals surface area contributed by atoms with Crippen molar-refractivity contribution in [2.45, 2.75) is 19.6 Å². The van der Waals surface area contributed by atoms with E-state index in [4.69, 9.17) is 0 Å². The quantitative estimate of drug-likeness (QED) is 0.749. The standard InChI is InChI=1S/C11H12F3N3/c1-8-3-4-9(5-16-8)6-17-10(7-15-2)11(12,13)14/h3-5H,2,6-7H2,1H3. The van der Waals surface area contributed by atoms with Crippen LogP contribution in [0.5, 0.6) is 0 Å². The SMILES string of the molecule is C=NCC(=NCc1ccc(C)nc1)C(F)(F)F. The Balaban J connectivity index is 2.79. The van der Waals surface area contributed by atoms with E-state index in [1.807, 2.05) is 0 Å². The molecule has 0 radical (unpaired) electrons. The van der Waals surface area contributed by atoms with E-state index in [1.165, 1.54) is 6.20 Å². The number of aryl methyl sites for hydroxylation is 1. The molecule has 1 aromatic heterocycles. The van der Waals surface area contributed by atoms with Crippen molar-refractivity contribution in [2.24, 2.45) is 9.98 Å². The molecule has 1 heterocycles. The minimum absolute atomic E-state index is 0.0579. The fourth-order valence-electron chi connectivity index (χ4n) is 1.11. The Labute approximate surface area is 97.1 Å². The van der Waals surface area contributed by atoms with E-state index in [1.54, 1.807) is 19.1 Å². The van der Waals surface area contributed by atoms with Gasteiger partial charge in [-0.05, 0) is 25.3 Å². The molecule has 0 fully saturated rings. The molecule has 0 spiro atoms. The zero-order valence-electron chi connectivity index (χ0n) is 9.33. The molecule has 17 heavy (non-hydrogen) atoms. The third-order valence-corrected chi connectivity index (χ3v) is 2.01. The van der Waals surface area contributed by atoms with E-state index in [-0.39, 0.29) is 6.54 Å². The fourth-order valence-corrected chi connectivity index (χ4v) is 1.11. The first-order valence-electron chi connectivity index (χ1n) is 4.88. The van der Waals surface area contributed by atoms with Crippen LogP contribution in [-0.2, 0) is 6.54 Å². The number of alkyl halides is 3. The highest BCUT2D eigenvalue weighted by molar-refractivity contribution is 5.91. The molecule has 0 N–H and O–H groups in total. The molecular formula is C11H12F3N3. The van der Waals surface area contributed by atoms with E-state index in [0.29, 0.717) is 5.56 Å². The van der Waals surface area contributed by atoms with Crippen molar-refractivity contribution in [3.05, 3.63) is 29.6 Å². The van der Waals surface area contributed by atoms with Crippen molar-refractivity contribution >= 4 is 12.4 Å². The Morgan fingerprint density at radius 1 is 1.41 bits per heavy atom. The zero-order chi connectivity index (χ0) is 12.9. The number of hydrogen-bond acceptors (Lipinski definition) is 3. The molecule has 0 saturated heterocycles. The lowest BCUT2D eigenvalue weighted by atomic mass is 10.2. The van der Waals surface area contributed by atoms with Crippen molar-refractivity contribution < 1.29 is 13.2 Å². The summed E-state index contributed by atoms with van der Waals surface area (Å²) in [6, 6.07) is 3.42. The maximum absolute atomic E-state index is 12.4. The maximum atomic E-state index is 12.4. The number of pyridine rings is 1. The summed E-state index contributed by atoms with van der Waals surface area (Å²) in [5.74, 6) is 0. The highest BCUT2D eigenvalue weighted by Crippen LogP contribution is 2.18. The van der Waals surface area contributed by atoms with Gasteiger partial charge in [0.05, 0.1) is 13.1 Å². The number of rotatable bonds is 4. The molecule has 0 saturated carbocycles. The van der Waals surface area contributed by atoms with Crippen LogP contribution in [0.3, 0.4) is 0 Å². The summed E-state index contributed by atoms with van der Waals surface area (Å²) in [5.41, 5.74) is 0.510. The Morgan fingerprint density at radius 3 is 2.59 bits per heavy atom. The number of hydrogen-bond donors (Lipinski definition) is 0. The number of nitrogens with zero attached hydrogens (tertiary/aromatic N) is 3. The average molecular weight is 243 g/mol. The minimum atomic E-state index is -4.46. The first-order valence-corrected chi connectivity index (χ1v) is 4.88. The second-order valence-electron chi connectivity index (χ2n) is 3.45. The van der Waals surface area contributed by atoms with Crippen molar-refractivity contribution in [1.29, 1.82) is 0 Å². The summed E-state index contributed by atoms with van der Waals surface area (Å²) in [7, 11) is 0. The fraction of sp³-hybridized carbons (Fsp3) is 0.364. The first kappa shape index (κ1) is 13.3. The van der Waals surface area contributed by atoms with Gasteiger partial charge in [0, 0.05) is 11.9 Å². The Bertz CT molecular complexity index is 407. The lowest BCUT2D eigenvalue weighted by Gasteiger charge is -2.08. The van der Waals surface area contributed by atoms with Gasteiger partial charge in [-0.1, -0.05) is 6.07 Å². The van der Waals surface area contributed by atoms with Crippen LogP contribution in [0.2, 0.25) is 0 Å².